The molecule has 0 aliphatic carbocycles. The first-order valence-corrected chi connectivity index (χ1v) is 10.5. The molecule has 0 spiro atoms. The minimum atomic E-state index is -1.44. The maximum absolute atomic E-state index is 10.1. The molecule has 2 heteroatoms. The van der Waals surface area contributed by atoms with E-state index in [-0.39, 0.29) is 6.10 Å². The highest BCUT2D eigenvalue weighted by atomic mass is 28.3. The van der Waals surface area contributed by atoms with Gasteiger partial charge in [0, 0.05) is 0 Å². The van der Waals surface area contributed by atoms with E-state index in [1.807, 2.05) is 0 Å². The second-order valence-corrected chi connectivity index (χ2v) is 11.0. The van der Waals surface area contributed by atoms with Gasteiger partial charge in [-0.1, -0.05) is 71.7 Å². The lowest BCUT2D eigenvalue weighted by molar-refractivity contribution is 0.202. The van der Waals surface area contributed by atoms with Crippen LogP contribution in [-0.4, -0.2) is 19.3 Å². The highest BCUT2D eigenvalue weighted by molar-refractivity contribution is 6.83. The number of hydrogen-bond donors (Lipinski definition) is 1. The van der Waals surface area contributed by atoms with Crippen LogP contribution in [0, 0.1) is 0 Å². The summed E-state index contributed by atoms with van der Waals surface area (Å²) in [5, 5.41) is 11.2. The molecule has 100 valence electrons. The fraction of sp³-hybridized carbons (Fsp3) is 0.800. The average molecular weight is 254 g/mol. The molecule has 0 saturated carbocycles. The Labute approximate surface area is 109 Å². The first kappa shape index (κ1) is 16.7. The molecule has 1 N–H and O–H groups in total. The zero-order chi connectivity index (χ0) is 13.3. The van der Waals surface area contributed by atoms with E-state index in [9.17, 15) is 5.11 Å². The third-order valence-electron chi connectivity index (χ3n) is 3.16. The summed E-state index contributed by atoms with van der Waals surface area (Å²) < 4.78 is 0. The van der Waals surface area contributed by atoms with Crippen molar-refractivity contribution in [3.05, 3.63) is 17.5 Å². The summed E-state index contributed by atoms with van der Waals surface area (Å²) in [4.78, 5) is 0. The van der Waals surface area contributed by atoms with Crippen molar-refractivity contribution in [3.8, 4) is 0 Å². The van der Waals surface area contributed by atoms with Crippen molar-refractivity contribution in [3.63, 3.8) is 0 Å². The Morgan fingerprint density at radius 1 is 1.12 bits per heavy atom. The van der Waals surface area contributed by atoms with E-state index >= 15 is 0 Å². The Kier molecular flexibility index (Phi) is 8.58. The van der Waals surface area contributed by atoms with E-state index in [0.29, 0.717) is 0 Å². The van der Waals surface area contributed by atoms with Gasteiger partial charge in [0.05, 0.1) is 14.2 Å². The van der Waals surface area contributed by atoms with E-state index in [1.165, 1.54) is 32.1 Å². The highest BCUT2D eigenvalue weighted by Crippen LogP contribution is 2.21. The lowest BCUT2D eigenvalue weighted by atomic mass is 10.1. The summed E-state index contributed by atoms with van der Waals surface area (Å²) in [6.07, 6.45) is 8.23. The maximum atomic E-state index is 10.1. The second-order valence-electron chi connectivity index (χ2n) is 5.91. The van der Waals surface area contributed by atoms with Gasteiger partial charge in [0.15, 0.2) is 0 Å². The van der Waals surface area contributed by atoms with Crippen molar-refractivity contribution >= 4 is 8.07 Å². The van der Waals surface area contributed by atoms with Gasteiger partial charge in [0.1, 0.15) is 0 Å². The predicted molar refractivity (Wildman–Crippen MR) is 80.0 cm³/mol. The Morgan fingerprint density at radius 3 is 2.12 bits per heavy atom. The van der Waals surface area contributed by atoms with Crippen LogP contribution < -0.4 is 0 Å². The van der Waals surface area contributed by atoms with Gasteiger partial charge in [0.25, 0.3) is 0 Å². The fourth-order valence-electron chi connectivity index (χ4n) is 2.15. The van der Waals surface area contributed by atoms with Gasteiger partial charge in [-0.05, 0) is 11.6 Å². The highest BCUT2D eigenvalue weighted by Gasteiger charge is 2.25. The second kappa shape index (κ2) is 8.74. The molecule has 0 radical (unpaired) electrons. The van der Waals surface area contributed by atoms with E-state index in [2.05, 4.69) is 38.9 Å². The van der Waals surface area contributed by atoms with Crippen LogP contribution in [0.5, 0.6) is 0 Å². The first-order chi connectivity index (χ1) is 7.93. The molecule has 0 aliphatic rings. The summed E-state index contributed by atoms with van der Waals surface area (Å²) in [7, 11) is -1.44. The molecule has 0 bridgehead atoms. The monoisotopic (exact) mass is 254 g/mol. The minimum absolute atomic E-state index is 0.301. The standard InChI is InChI=1S/C15H30OSi/c1-6-8-9-10-11-12-13-14(16)15(7-2)17(3,4)5/h14,16H,2,6,8-13H2,1,3-5H3/t14-/m1/s1. The lowest BCUT2D eigenvalue weighted by Gasteiger charge is -2.23. The van der Waals surface area contributed by atoms with Crippen molar-refractivity contribution in [2.45, 2.75) is 77.6 Å². The molecule has 1 atom stereocenters. The Hall–Kier alpha value is -0.303. The summed E-state index contributed by atoms with van der Waals surface area (Å²) >= 11 is 0. The molecule has 0 unspecified atom stereocenters. The van der Waals surface area contributed by atoms with Crippen LogP contribution in [-0.2, 0) is 0 Å². The molecule has 0 rings (SSSR count). The van der Waals surface area contributed by atoms with E-state index in [0.717, 1.165) is 18.0 Å². The third kappa shape index (κ3) is 7.59. The summed E-state index contributed by atoms with van der Waals surface area (Å²) in [5.41, 5.74) is 2.98. The van der Waals surface area contributed by atoms with Crippen molar-refractivity contribution in [1.29, 1.82) is 0 Å². The van der Waals surface area contributed by atoms with E-state index in [4.69, 9.17) is 0 Å². The van der Waals surface area contributed by atoms with Crippen LogP contribution >= 0.6 is 0 Å². The molecule has 0 aromatic rings. The molecular formula is C15H30OSi. The minimum Gasteiger partial charge on any atom is -0.389 e. The lowest BCUT2D eigenvalue weighted by Crippen LogP contribution is -2.31. The molecule has 0 heterocycles. The Morgan fingerprint density at radius 2 is 1.65 bits per heavy atom. The quantitative estimate of drug-likeness (QED) is 0.360. The van der Waals surface area contributed by atoms with Crippen LogP contribution in [0.2, 0.25) is 19.6 Å². The number of rotatable bonds is 9. The average Bonchev–Trinajstić information content (AvgIpc) is 2.22. The Bertz CT molecular complexity index is 246. The van der Waals surface area contributed by atoms with Gasteiger partial charge >= 0.3 is 0 Å². The van der Waals surface area contributed by atoms with Gasteiger partial charge in [-0.15, -0.1) is 5.73 Å². The zero-order valence-electron chi connectivity index (χ0n) is 12.2. The molecule has 17 heavy (non-hydrogen) atoms. The van der Waals surface area contributed by atoms with Crippen LogP contribution in [0.4, 0.5) is 0 Å². The van der Waals surface area contributed by atoms with Crippen LogP contribution in [0.1, 0.15) is 51.9 Å². The maximum Gasteiger partial charge on any atom is 0.0857 e. The Balaban J connectivity index is 3.86. The molecule has 0 aliphatic heterocycles. The summed E-state index contributed by atoms with van der Waals surface area (Å²) in [5.74, 6) is 0. The van der Waals surface area contributed by atoms with E-state index in [1.54, 1.807) is 0 Å². The predicted octanol–water partition coefficient (Wildman–Crippen LogP) is 4.69. The van der Waals surface area contributed by atoms with Gasteiger partial charge in [0.2, 0.25) is 0 Å². The van der Waals surface area contributed by atoms with Gasteiger partial charge in [-0.25, -0.2) is 0 Å². The largest absolute Gasteiger partial charge is 0.389 e. The topological polar surface area (TPSA) is 20.2 Å². The summed E-state index contributed by atoms with van der Waals surface area (Å²) in [6.45, 7) is 12.7. The molecule has 0 saturated heterocycles. The van der Waals surface area contributed by atoms with Crippen LogP contribution in [0.15, 0.2) is 17.5 Å². The van der Waals surface area contributed by atoms with Crippen molar-refractivity contribution in [2.24, 2.45) is 0 Å². The number of hydrogen-bond acceptors (Lipinski definition) is 1. The molecule has 0 aromatic carbocycles. The first-order valence-electron chi connectivity index (χ1n) is 7.02. The van der Waals surface area contributed by atoms with Gasteiger partial charge < -0.3 is 5.11 Å². The zero-order valence-corrected chi connectivity index (χ0v) is 13.2. The normalized spacial score (nSPS) is 13.2. The number of aliphatic hydroxyl groups is 1. The smallest absolute Gasteiger partial charge is 0.0857 e. The molecule has 0 aromatic heterocycles. The number of unbranched alkanes of at least 4 members (excludes halogenated alkanes) is 5. The molecule has 0 fully saturated rings. The summed E-state index contributed by atoms with van der Waals surface area (Å²) in [6, 6.07) is 0. The van der Waals surface area contributed by atoms with Crippen molar-refractivity contribution in [1.82, 2.24) is 0 Å². The van der Waals surface area contributed by atoms with Crippen LogP contribution in [0.25, 0.3) is 0 Å². The molecular weight excluding hydrogens is 224 g/mol. The van der Waals surface area contributed by atoms with Gasteiger partial charge in [-0.2, -0.15) is 0 Å². The van der Waals surface area contributed by atoms with Crippen molar-refractivity contribution in [2.75, 3.05) is 0 Å². The third-order valence-corrected chi connectivity index (χ3v) is 5.29. The fourth-order valence-corrected chi connectivity index (χ4v) is 3.82. The molecule has 0 amide bonds. The SMILES string of the molecule is C=C=C([C@H](O)CCCCCCCC)[Si](C)(C)C. The van der Waals surface area contributed by atoms with E-state index < -0.39 is 8.07 Å². The molecule has 1 nitrogen and oxygen atoms in total. The number of aliphatic hydroxyl groups excluding tert-OH is 1. The van der Waals surface area contributed by atoms with Crippen LogP contribution in [0.3, 0.4) is 0 Å². The van der Waals surface area contributed by atoms with Gasteiger partial charge in [-0.3, -0.25) is 0 Å². The van der Waals surface area contributed by atoms with Crippen molar-refractivity contribution < 1.29 is 5.11 Å².